The van der Waals surface area contributed by atoms with E-state index in [2.05, 4.69) is 0 Å². The van der Waals surface area contributed by atoms with Crippen molar-refractivity contribution >= 4 is 5.97 Å². The molecule has 1 aliphatic rings. The number of hydrogen-bond acceptors (Lipinski definition) is 3. The second-order valence-electron chi connectivity index (χ2n) is 5.26. The van der Waals surface area contributed by atoms with Gasteiger partial charge in [-0.15, -0.1) is 0 Å². The molecule has 20 heavy (non-hydrogen) atoms. The molecule has 0 aromatic heterocycles. The fourth-order valence-corrected chi connectivity index (χ4v) is 2.86. The summed E-state index contributed by atoms with van der Waals surface area (Å²) in [5, 5.41) is 18.2. The highest BCUT2D eigenvalue weighted by Crippen LogP contribution is 2.26. The van der Waals surface area contributed by atoms with Crippen LogP contribution in [0.15, 0.2) is 18.2 Å². The van der Waals surface area contributed by atoms with Crippen LogP contribution in [0.2, 0.25) is 0 Å². The lowest BCUT2D eigenvalue weighted by atomic mass is 9.90. The minimum Gasteiger partial charge on any atom is -0.480 e. The van der Waals surface area contributed by atoms with Gasteiger partial charge in [0.05, 0.1) is 5.56 Å². The van der Waals surface area contributed by atoms with Gasteiger partial charge in [0.1, 0.15) is 17.9 Å². The average Bonchev–Trinajstić information content (AvgIpc) is 2.41. The number of aliphatic carboxylic acids is 1. The Hall–Kier alpha value is -1.93. The highest BCUT2D eigenvalue weighted by atomic mass is 19.1. The third-order valence-corrected chi connectivity index (χ3v) is 3.86. The molecule has 106 valence electrons. The van der Waals surface area contributed by atoms with E-state index >= 15 is 0 Å². The molecule has 5 heteroatoms. The lowest BCUT2D eigenvalue weighted by Crippen LogP contribution is -2.48. The molecule has 1 fully saturated rings. The zero-order valence-corrected chi connectivity index (χ0v) is 11.3. The average molecular weight is 276 g/mol. The van der Waals surface area contributed by atoms with Gasteiger partial charge in [-0.3, -0.25) is 9.69 Å². The number of rotatable bonds is 3. The summed E-state index contributed by atoms with van der Waals surface area (Å²) in [6, 6.07) is 5.87. The maximum absolute atomic E-state index is 14.1. The molecule has 1 aromatic carbocycles. The van der Waals surface area contributed by atoms with Crippen LogP contribution in [0.4, 0.5) is 4.39 Å². The highest BCUT2D eigenvalue weighted by molar-refractivity contribution is 5.74. The minimum absolute atomic E-state index is 0.000525. The van der Waals surface area contributed by atoms with Gasteiger partial charge in [-0.1, -0.05) is 19.1 Å². The number of carboxylic acid groups (broad SMARTS) is 1. The molecule has 1 aliphatic heterocycles. The zero-order chi connectivity index (χ0) is 14.7. The number of benzene rings is 1. The molecule has 0 bridgehead atoms. The molecule has 2 unspecified atom stereocenters. The summed E-state index contributed by atoms with van der Waals surface area (Å²) in [6.45, 7) is 2.77. The van der Waals surface area contributed by atoms with E-state index < -0.39 is 17.8 Å². The first-order valence-corrected chi connectivity index (χ1v) is 6.69. The molecule has 0 spiro atoms. The van der Waals surface area contributed by atoms with Crippen LogP contribution in [0, 0.1) is 23.1 Å². The van der Waals surface area contributed by atoms with Gasteiger partial charge in [0.25, 0.3) is 0 Å². The fourth-order valence-electron chi connectivity index (χ4n) is 2.86. The van der Waals surface area contributed by atoms with Crippen molar-refractivity contribution in [3.05, 3.63) is 35.1 Å². The first kappa shape index (κ1) is 14.5. The Morgan fingerprint density at radius 1 is 1.60 bits per heavy atom. The molecule has 1 heterocycles. The molecule has 0 aliphatic carbocycles. The van der Waals surface area contributed by atoms with Gasteiger partial charge in [0.15, 0.2) is 0 Å². The van der Waals surface area contributed by atoms with E-state index in [1.165, 1.54) is 6.07 Å². The Kier molecular flexibility index (Phi) is 4.35. The summed E-state index contributed by atoms with van der Waals surface area (Å²) in [7, 11) is 0. The van der Waals surface area contributed by atoms with E-state index in [1.54, 1.807) is 23.1 Å². The van der Waals surface area contributed by atoms with Crippen LogP contribution in [-0.2, 0) is 11.3 Å². The van der Waals surface area contributed by atoms with Gasteiger partial charge in [-0.2, -0.15) is 5.26 Å². The number of piperidine rings is 1. The van der Waals surface area contributed by atoms with Gasteiger partial charge in [0, 0.05) is 12.1 Å². The smallest absolute Gasteiger partial charge is 0.321 e. The first-order chi connectivity index (χ1) is 9.54. The van der Waals surface area contributed by atoms with Crippen molar-refractivity contribution in [3.8, 4) is 6.07 Å². The summed E-state index contributed by atoms with van der Waals surface area (Å²) in [5.41, 5.74) is 0.379. The molecular formula is C15H17FN2O2. The van der Waals surface area contributed by atoms with Crippen molar-refractivity contribution in [2.45, 2.75) is 32.4 Å². The molecule has 0 radical (unpaired) electrons. The first-order valence-electron chi connectivity index (χ1n) is 6.69. The predicted molar refractivity (Wildman–Crippen MR) is 71.3 cm³/mol. The topological polar surface area (TPSA) is 64.3 Å². The quantitative estimate of drug-likeness (QED) is 0.920. The van der Waals surface area contributed by atoms with Crippen LogP contribution < -0.4 is 0 Å². The Morgan fingerprint density at radius 2 is 2.35 bits per heavy atom. The highest BCUT2D eigenvalue weighted by Gasteiger charge is 2.34. The Morgan fingerprint density at radius 3 is 3.00 bits per heavy atom. The second kappa shape index (κ2) is 6.02. The summed E-state index contributed by atoms with van der Waals surface area (Å²) < 4.78 is 14.1. The van der Waals surface area contributed by atoms with Gasteiger partial charge in [0.2, 0.25) is 0 Å². The Bertz CT molecular complexity index is 553. The van der Waals surface area contributed by atoms with Crippen molar-refractivity contribution in [1.29, 1.82) is 5.26 Å². The van der Waals surface area contributed by atoms with E-state index in [-0.39, 0.29) is 18.0 Å². The third kappa shape index (κ3) is 2.81. The summed E-state index contributed by atoms with van der Waals surface area (Å²) >= 11 is 0. The van der Waals surface area contributed by atoms with Crippen LogP contribution in [-0.4, -0.2) is 28.6 Å². The van der Waals surface area contributed by atoms with E-state index in [0.29, 0.717) is 12.1 Å². The lowest BCUT2D eigenvalue weighted by molar-refractivity contribution is -0.147. The van der Waals surface area contributed by atoms with Gasteiger partial charge >= 0.3 is 5.97 Å². The van der Waals surface area contributed by atoms with Crippen molar-refractivity contribution in [2.24, 2.45) is 5.92 Å². The molecule has 2 rings (SSSR count). The number of likely N-dealkylation sites (tertiary alicyclic amines) is 1. The number of nitrogens with zero attached hydrogens (tertiary/aromatic N) is 2. The van der Waals surface area contributed by atoms with Crippen LogP contribution in [0.3, 0.4) is 0 Å². The largest absolute Gasteiger partial charge is 0.480 e. The fraction of sp³-hybridized carbons (Fsp3) is 0.467. The molecule has 0 saturated carbocycles. The molecular weight excluding hydrogens is 259 g/mol. The summed E-state index contributed by atoms with van der Waals surface area (Å²) in [6.07, 6.45) is 1.78. The van der Waals surface area contributed by atoms with E-state index in [4.69, 9.17) is 5.26 Å². The molecule has 1 aromatic rings. The molecule has 1 N–H and O–H groups in total. The van der Waals surface area contributed by atoms with E-state index in [0.717, 1.165) is 12.8 Å². The predicted octanol–water partition coefficient (Wildman–Crippen LogP) is 2.38. The maximum atomic E-state index is 14.1. The summed E-state index contributed by atoms with van der Waals surface area (Å²) in [5.74, 6) is -1.37. The maximum Gasteiger partial charge on any atom is 0.321 e. The minimum atomic E-state index is -0.867. The normalized spacial score (nSPS) is 23.2. The van der Waals surface area contributed by atoms with Crippen molar-refractivity contribution in [1.82, 2.24) is 4.90 Å². The Balaban J connectivity index is 2.24. The third-order valence-electron chi connectivity index (χ3n) is 3.86. The van der Waals surface area contributed by atoms with Crippen LogP contribution in [0.25, 0.3) is 0 Å². The van der Waals surface area contributed by atoms with Crippen molar-refractivity contribution in [2.75, 3.05) is 6.54 Å². The molecule has 2 atom stereocenters. The van der Waals surface area contributed by atoms with Crippen molar-refractivity contribution in [3.63, 3.8) is 0 Å². The second-order valence-corrected chi connectivity index (χ2v) is 5.26. The Labute approximate surface area is 117 Å². The molecule has 1 saturated heterocycles. The number of nitriles is 1. The number of carbonyl (C=O) groups is 1. The van der Waals surface area contributed by atoms with Crippen LogP contribution in [0.1, 0.15) is 30.9 Å². The standard InChI is InChI=1S/C15H17FN2O2/c1-10-4-3-7-18(14(10)15(19)20)9-12-6-2-5-11(8-17)13(12)16/h2,5-6,10,14H,3-4,7,9H2,1H3,(H,19,20). The van der Waals surface area contributed by atoms with Crippen LogP contribution >= 0.6 is 0 Å². The van der Waals surface area contributed by atoms with Gasteiger partial charge in [-0.05, 0) is 31.4 Å². The van der Waals surface area contributed by atoms with E-state index in [1.807, 2.05) is 6.92 Å². The van der Waals surface area contributed by atoms with Gasteiger partial charge in [-0.25, -0.2) is 4.39 Å². The number of halogens is 1. The zero-order valence-electron chi connectivity index (χ0n) is 11.3. The van der Waals surface area contributed by atoms with E-state index in [9.17, 15) is 14.3 Å². The number of carboxylic acids is 1. The lowest BCUT2D eigenvalue weighted by Gasteiger charge is -2.37. The summed E-state index contributed by atoms with van der Waals surface area (Å²) in [4.78, 5) is 13.2. The van der Waals surface area contributed by atoms with Crippen LogP contribution in [0.5, 0.6) is 0 Å². The monoisotopic (exact) mass is 276 g/mol. The van der Waals surface area contributed by atoms with Crippen molar-refractivity contribution < 1.29 is 14.3 Å². The SMILES string of the molecule is CC1CCCN(Cc2cccc(C#N)c2F)C1C(=O)O. The molecule has 0 amide bonds. The number of hydrogen-bond donors (Lipinski definition) is 1. The molecule has 4 nitrogen and oxygen atoms in total. The van der Waals surface area contributed by atoms with Gasteiger partial charge < -0.3 is 5.11 Å².